The van der Waals surface area contributed by atoms with Crippen molar-refractivity contribution in [2.45, 2.75) is 68.1 Å². The summed E-state index contributed by atoms with van der Waals surface area (Å²) in [4.78, 5) is 139. The van der Waals surface area contributed by atoms with Gasteiger partial charge in [-0.15, -0.1) is 0 Å². The number of nitrogens with one attached hydrogen (secondary N) is 6. The fourth-order valence-electron chi connectivity index (χ4n) is 5.64. The first-order valence-electron chi connectivity index (χ1n) is 17.6. The monoisotopic (exact) mass is 887 g/mol. The lowest BCUT2D eigenvalue weighted by molar-refractivity contribution is -0.385. The lowest BCUT2D eigenvalue weighted by atomic mass is 10.0. The van der Waals surface area contributed by atoms with E-state index < -0.39 is 163 Å². The number of nitrogens with zero attached hydrogens (tertiary/aromatic N) is 2. The van der Waals surface area contributed by atoms with Crippen LogP contribution in [-0.4, -0.2) is 153 Å². The molecule has 2 aliphatic rings. The molecule has 328 valence electrons. The second kappa shape index (κ2) is 22.2. The number of hydrogen-bond donors (Lipinski definition) is 11. The van der Waals surface area contributed by atoms with Crippen molar-refractivity contribution in [2.24, 2.45) is 17.2 Å². The van der Waals surface area contributed by atoms with Crippen LogP contribution in [0.15, 0.2) is 18.2 Å². The highest BCUT2D eigenvalue weighted by atomic mass is 33.1. The number of benzene rings is 1. The molecule has 0 saturated carbocycles. The SMILES string of the molecule is NC(=O)C[C@@H]1NC(=O)[C@@H]2C[C@@H](F)CN2C(=O)CNC(=O)[C@H](Cc2ccc(O)c([N+](=O)[O-])c2)NC(=O)CNC(=O)[C@@H](CC(=O)O)NC(=O)[C@H](N)CSSC[C@H](C(N)=O)NC1=O. The van der Waals surface area contributed by atoms with Gasteiger partial charge in [0.05, 0.1) is 43.4 Å². The minimum absolute atomic E-state index is 0.0142. The third-order valence-electron chi connectivity index (χ3n) is 8.65. The van der Waals surface area contributed by atoms with Gasteiger partial charge < -0.3 is 64.2 Å². The Morgan fingerprint density at radius 1 is 0.850 bits per heavy atom. The maximum absolute atomic E-state index is 14.7. The number of halogens is 1. The Bertz CT molecular complexity index is 1890. The highest BCUT2D eigenvalue weighted by molar-refractivity contribution is 8.76. The number of phenols is 1. The van der Waals surface area contributed by atoms with Crippen LogP contribution in [0.5, 0.6) is 5.75 Å². The Kier molecular flexibility index (Phi) is 17.8. The first-order valence-corrected chi connectivity index (χ1v) is 20.1. The zero-order valence-electron chi connectivity index (χ0n) is 31.3. The predicted octanol–water partition coefficient (Wildman–Crippen LogP) is -5.49. The number of alkyl halides is 1. The fraction of sp³-hybridized carbons (Fsp3) is 0.500. The van der Waals surface area contributed by atoms with E-state index in [-0.39, 0.29) is 17.1 Å². The molecule has 0 spiro atoms. The first kappa shape index (κ1) is 48.1. The zero-order valence-corrected chi connectivity index (χ0v) is 32.9. The lowest BCUT2D eigenvalue weighted by Crippen LogP contribution is -2.58. The molecule has 2 saturated heterocycles. The number of aromatic hydroxyl groups is 1. The predicted molar refractivity (Wildman–Crippen MR) is 205 cm³/mol. The molecule has 2 heterocycles. The normalized spacial score (nSPS) is 25.9. The highest BCUT2D eigenvalue weighted by Crippen LogP contribution is 2.27. The van der Waals surface area contributed by atoms with Crippen molar-refractivity contribution in [3.63, 3.8) is 0 Å². The average Bonchev–Trinajstić information content (AvgIpc) is 3.57. The van der Waals surface area contributed by atoms with Gasteiger partial charge in [-0.3, -0.25) is 58.1 Å². The molecule has 25 nitrogen and oxygen atoms in total. The van der Waals surface area contributed by atoms with Crippen molar-refractivity contribution in [1.29, 1.82) is 0 Å². The van der Waals surface area contributed by atoms with Gasteiger partial charge in [-0.1, -0.05) is 27.7 Å². The molecule has 60 heavy (non-hydrogen) atoms. The van der Waals surface area contributed by atoms with E-state index in [1.54, 1.807) is 0 Å². The first-order chi connectivity index (χ1) is 28.2. The molecule has 9 amide bonds. The van der Waals surface area contributed by atoms with Gasteiger partial charge in [-0.25, -0.2) is 4.39 Å². The Hall–Kier alpha value is -6.29. The summed E-state index contributed by atoms with van der Waals surface area (Å²) in [6, 6.07) is -6.59. The highest BCUT2D eigenvalue weighted by Gasteiger charge is 2.41. The van der Waals surface area contributed by atoms with Crippen LogP contribution in [0.1, 0.15) is 24.8 Å². The largest absolute Gasteiger partial charge is 0.502 e. The number of carbonyl (C=O) groups is 10. The molecule has 28 heteroatoms. The van der Waals surface area contributed by atoms with Crippen LogP contribution in [0.2, 0.25) is 0 Å². The standard InChI is InChI=1S/C32H42FN11O14S2/c33-14-5-21-32(56)41-17(6-23(35)46)31(55)42-19(27(36)51)12-60-59-11-15(34)28(52)40-18(7-26(49)50)30(54)37-8-24(47)39-16(29(53)38-9-25(48)43(21)10-14)3-13-1-2-22(45)20(4-13)44(57)58/h1-2,4,14-19,21,45H,3,5-12,34H2,(H2,35,46)(H2,36,51)(H,37,54)(H,38,53)(H,39,47)(H,40,52)(H,41,56)(H,42,55)(H,49,50)/t14-,15-,16+,17+,18-,19-,21+/m1/s1. The molecule has 0 aromatic heterocycles. The Balaban J connectivity index is 1.96. The Morgan fingerprint density at radius 3 is 2.10 bits per heavy atom. The zero-order chi connectivity index (χ0) is 44.8. The fourth-order valence-corrected chi connectivity index (χ4v) is 7.94. The van der Waals surface area contributed by atoms with Crippen LogP contribution in [0.25, 0.3) is 0 Å². The third-order valence-corrected chi connectivity index (χ3v) is 11.1. The molecule has 2 aliphatic heterocycles. The number of carboxylic acid groups (broad SMARTS) is 1. The maximum atomic E-state index is 14.7. The smallest absolute Gasteiger partial charge is 0.310 e. The summed E-state index contributed by atoms with van der Waals surface area (Å²) in [6.45, 7) is -2.49. The van der Waals surface area contributed by atoms with Gasteiger partial charge >= 0.3 is 11.7 Å². The Morgan fingerprint density at radius 2 is 1.47 bits per heavy atom. The number of carboxylic acids is 1. The average molecular weight is 888 g/mol. The van der Waals surface area contributed by atoms with E-state index in [1.165, 1.54) is 6.07 Å². The van der Waals surface area contributed by atoms with E-state index in [1.807, 2.05) is 0 Å². The van der Waals surface area contributed by atoms with Crippen molar-refractivity contribution in [2.75, 3.05) is 31.1 Å². The van der Waals surface area contributed by atoms with Crippen LogP contribution in [0.3, 0.4) is 0 Å². The van der Waals surface area contributed by atoms with E-state index in [2.05, 4.69) is 31.9 Å². The van der Waals surface area contributed by atoms with Gasteiger partial charge in [0.2, 0.25) is 53.2 Å². The summed E-state index contributed by atoms with van der Waals surface area (Å²) in [5.74, 6) is -12.5. The molecule has 0 aliphatic carbocycles. The number of nitro benzene ring substituents is 1. The number of nitrogens with two attached hydrogens (primary N) is 3. The molecule has 0 bridgehead atoms. The van der Waals surface area contributed by atoms with Crippen molar-refractivity contribution < 1.29 is 67.5 Å². The van der Waals surface area contributed by atoms with Gasteiger partial charge in [0.1, 0.15) is 36.4 Å². The minimum Gasteiger partial charge on any atom is -0.502 e. The number of aliphatic carboxylic acids is 1. The summed E-state index contributed by atoms with van der Waals surface area (Å²) in [7, 11) is 1.79. The third kappa shape index (κ3) is 14.5. The maximum Gasteiger partial charge on any atom is 0.310 e. The number of fused-ring (bicyclic) bond motifs is 1. The number of phenolic OH excluding ortho intramolecular Hbond substituents is 1. The summed E-state index contributed by atoms with van der Waals surface area (Å²) < 4.78 is 14.7. The second-order valence-corrected chi connectivity index (χ2v) is 15.8. The summed E-state index contributed by atoms with van der Waals surface area (Å²) >= 11 is 0. The second-order valence-electron chi connectivity index (χ2n) is 13.3. The molecule has 0 unspecified atom stereocenters. The van der Waals surface area contributed by atoms with Crippen LogP contribution in [0, 0.1) is 10.1 Å². The van der Waals surface area contributed by atoms with E-state index in [9.17, 15) is 72.7 Å². The molecule has 14 N–H and O–H groups in total. The van der Waals surface area contributed by atoms with E-state index in [4.69, 9.17) is 17.2 Å². The Labute approximate surface area is 346 Å². The molecular formula is C32H42FN11O14S2. The van der Waals surface area contributed by atoms with Crippen LogP contribution < -0.4 is 49.1 Å². The minimum atomic E-state index is -1.77. The van der Waals surface area contributed by atoms with Crippen molar-refractivity contribution >= 4 is 86.4 Å². The van der Waals surface area contributed by atoms with Gasteiger partial charge in [0.15, 0.2) is 5.75 Å². The molecular weight excluding hydrogens is 846 g/mol. The van der Waals surface area contributed by atoms with Crippen molar-refractivity contribution in [1.82, 2.24) is 36.8 Å². The van der Waals surface area contributed by atoms with Crippen LogP contribution >= 0.6 is 21.6 Å². The van der Waals surface area contributed by atoms with Crippen molar-refractivity contribution in [3.05, 3.63) is 33.9 Å². The van der Waals surface area contributed by atoms with E-state index in [0.717, 1.165) is 38.6 Å². The van der Waals surface area contributed by atoms with Gasteiger partial charge in [0.25, 0.3) is 0 Å². The topological polar surface area (TPSA) is 408 Å². The van der Waals surface area contributed by atoms with Crippen molar-refractivity contribution in [3.8, 4) is 5.75 Å². The van der Waals surface area contributed by atoms with E-state index >= 15 is 0 Å². The molecule has 1 aromatic carbocycles. The summed E-state index contributed by atoms with van der Waals surface area (Å²) in [6.07, 6.45) is -4.65. The van der Waals surface area contributed by atoms with Gasteiger partial charge in [-0.05, 0) is 11.6 Å². The molecule has 0 radical (unpaired) electrons. The lowest BCUT2D eigenvalue weighted by Gasteiger charge is -2.27. The van der Waals surface area contributed by atoms with Crippen LogP contribution in [-0.2, 0) is 54.4 Å². The summed E-state index contributed by atoms with van der Waals surface area (Å²) in [5.41, 5.74) is 15.9. The number of rotatable bonds is 8. The number of nitro groups is 1. The molecule has 1 aromatic rings. The van der Waals surface area contributed by atoms with Gasteiger partial charge in [0, 0.05) is 30.4 Å². The molecule has 2 fully saturated rings. The van der Waals surface area contributed by atoms with Gasteiger partial charge in [-0.2, -0.15) is 0 Å². The molecule has 3 rings (SSSR count). The number of carbonyl (C=O) groups excluding carboxylic acids is 9. The quantitative estimate of drug-likeness (QED) is 0.0659. The number of primary amides is 2. The number of amides is 9. The van der Waals surface area contributed by atoms with E-state index in [0.29, 0.717) is 0 Å². The number of hydrogen-bond acceptors (Lipinski definition) is 16. The molecule has 7 atom stereocenters. The summed E-state index contributed by atoms with van der Waals surface area (Å²) in [5, 5.41) is 43.9. The van der Waals surface area contributed by atoms with Crippen LogP contribution in [0.4, 0.5) is 10.1 Å².